The Morgan fingerprint density at radius 3 is 2.73 bits per heavy atom. The lowest BCUT2D eigenvalue weighted by Gasteiger charge is -2.07. The lowest BCUT2D eigenvalue weighted by atomic mass is 10.0. The van der Waals surface area contributed by atoms with Crippen molar-refractivity contribution in [2.75, 3.05) is 0 Å². The first kappa shape index (κ1) is 10.7. The first-order valence-corrected chi connectivity index (χ1v) is 6.19. The van der Waals surface area contributed by atoms with Crippen molar-refractivity contribution < 1.29 is 0 Å². The van der Waals surface area contributed by atoms with Gasteiger partial charge in [-0.3, -0.25) is 0 Å². The van der Waals surface area contributed by atoms with Gasteiger partial charge in [0.2, 0.25) is 0 Å². The predicted octanol–water partition coefficient (Wildman–Crippen LogP) is 4.23. The zero-order valence-corrected chi connectivity index (χ0v) is 10.6. The molecule has 0 aliphatic rings. The van der Waals surface area contributed by atoms with Gasteiger partial charge in [-0.15, -0.1) is 0 Å². The number of aromatic nitrogens is 2. The maximum absolute atomic E-state index is 4.62. The quantitative estimate of drug-likeness (QED) is 0.885. The number of halogens is 1. The van der Waals surface area contributed by atoms with Crippen LogP contribution in [0.15, 0.2) is 22.7 Å². The Balaban J connectivity index is 2.46. The van der Waals surface area contributed by atoms with Gasteiger partial charge in [0, 0.05) is 10.4 Å². The van der Waals surface area contributed by atoms with E-state index in [4.69, 9.17) is 0 Å². The van der Waals surface area contributed by atoms with Crippen molar-refractivity contribution in [3.8, 4) is 0 Å². The van der Waals surface area contributed by atoms with Crippen LogP contribution in [-0.4, -0.2) is 9.97 Å². The van der Waals surface area contributed by atoms with Crippen LogP contribution in [0.4, 0.5) is 0 Å². The summed E-state index contributed by atoms with van der Waals surface area (Å²) in [6.45, 7) is 4.41. The SMILES string of the molecule is CCC(CC)c1nc2ccc(Br)cc2[nH]1. The molecule has 1 aromatic heterocycles. The second-order valence-corrected chi connectivity index (χ2v) is 4.71. The van der Waals surface area contributed by atoms with Gasteiger partial charge in [0.1, 0.15) is 5.82 Å². The molecule has 15 heavy (non-hydrogen) atoms. The van der Waals surface area contributed by atoms with Crippen molar-refractivity contribution in [3.05, 3.63) is 28.5 Å². The second kappa shape index (κ2) is 4.35. The van der Waals surface area contributed by atoms with Crippen LogP contribution in [0.3, 0.4) is 0 Å². The molecule has 1 aromatic carbocycles. The normalized spacial score (nSPS) is 11.5. The Morgan fingerprint density at radius 1 is 1.33 bits per heavy atom. The summed E-state index contributed by atoms with van der Waals surface area (Å²) >= 11 is 3.47. The average molecular weight is 267 g/mol. The van der Waals surface area contributed by atoms with Crippen LogP contribution < -0.4 is 0 Å². The molecule has 0 saturated carbocycles. The van der Waals surface area contributed by atoms with E-state index >= 15 is 0 Å². The van der Waals surface area contributed by atoms with Gasteiger partial charge >= 0.3 is 0 Å². The summed E-state index contributed by atoms with van der Waals surface area (Å²) in [4.78, 5) is 8.02. The Bertz CT molecular complexity index is 458. The summed E-state index contributed by atoms with van der Waals surface area (Å²) in [5, 5.41) is 0. The number of H-pyrrole nitrogens is 1. The van der Waals surface area contributed by atoms with Crippen molar-refractivity contribution in [2.45, 2.75) is 32.6 Å². The average Bonchev–Trinajstić information content (AvgIpc) is 2.62. The first-order valence-electron chi connectivity index (χ1n) is 5.39. The minimum atomic E-state index is 0.552. The molecule has 2 nitrogen and oxygen atoms in total. The number of aromatic amines is 1. The van der Waals surface area contributed by atoms with Crippen molar-refractivity contribution in [3.63, 3.8) is 0 Å². The minimum absolute atomic E-state index is 0.552. The number of fused-ring (bicyclic) bond motifs is 1. The van der Waals surface area contributed by atoms with Gasteiger partial charge in [-0.1, -0.05) is 29.8 Å². The topological polar surface area (TPSA) is 28.7 Å². The summed E-state index contributed by atoms with van der Waals surface area (Å²) in [5.41, 5.74) is 2.17. The van der Waals surface area contributed by atoms with Crippen molar-refractivity contribution >= 4 is 27.0 Å². The van der Waals surface area contributed by atoms with Crippen molar-refractivity contribution in [1.82, 2.24) is 9.97 Å². The van der Waals surface area contributed by atoms with E-state index in [0.717, 1.165) is 34.2 Å². The molecule has 1 N–H and O–H groups in total. The van der Waals surface area contributed by atoms with E-state index in [-0.39, 0.29) is 0 Å². The van der Waals surface area contributed by atoms with E-state index in [1.165, 1.54) is 0 Å². The zero-order valence-electron chi connectivity index (χ0n) is 9.05. The standard InChI is InChI=1S/C12H15BrN2/c1-3-8(4-2)12-14-10-6-5-9(13)7-11(10)15-12/h5-8H,3-4H2,1-2H3,(H,14,15). The number of nitrogens with one attached hydrogen (secondary N) is 1. The molecule has 2 aromatic rings. The molecule has 0 saturated heterocycles. The monoisotopic (exact) mass is 266 g/mol. The molecule has 0 bridgehead atoms. The van der Waals surface area contributed by atoms with E-state index < -0.39 is 0 Å². The van der Waals surface area contributed by atoms with E-state index in [2.05, 4.69) is 45.8 Å². The number of hydrogen-bond acceptors (Lipinski definition) is 1. The highest BCUT2D eigenvalue weighted by molar-refractivity contribution is 9.10. The third-order valence-electron chi connectivity index (χ3n) is 2.83. The molecule has 3 heteroatoms. The maximum Gasteiger partial charge on any atom is 0.110 e. The Hall–Kier alpha value is -0.830. The highest BCUT2D eigenvalue weighted by atomic mass is 79.9. The summed E-state index contributed by atoms with van der Waals surface area (Å²) in [7, 11) is 0. The zero-order chi connectivity index (χ0) is 10.8. The summed E-state index contributed by atoms with van der Waals surface area (Å²) in [5.74, 6) is 1.67. The lowest BCUT2D eigenvalue weighted by Crippen LogP contribution is -1.97. The molecule has 80 valence electrons. The molecule has 0 radical (unpaired) electrons. The van der Waals surface area contributed by atoms with Crippen molar-refractivity contribution in [2.24, 2.45) is 0 Å². The highest BCUT2D eigenvalue weighted by Crippen LogP contribution is 2.24. The fourth-order valence-corrected chi connectivity index (χ4v) is 2.23. The van der Waals surface area contributed by atoms with Crippen LogP contribution >= 0.6 is 15.9 Å². The van der Waals surface area contributed by atoms with Gasteiger partial charge in [-0.05, 0) is 31.0 Å². The smallest absolute Gasteiger partial charge is 0.110 e. The first-order chi connectivity index (χ1) is 7.24. The predicted molar refractivity (Wildman–Crippen MR) is 67.1 cm³/mol. The Kier molecular flexibility index (Phi) is 3.10. The summed E-state index contributed by atoms with van der Waals surface area (Å²) in [6.07, 6.45) is 2.27. The van der Waals surface area contributed by atoms with Crippen LogP contribution in [0.25, 0.3) is 11.0 Å². The fourth-order valence-electron chi connectivity index (χ4n) is 1.87. The largest absolute Gasteiger partial charge is 0.342 e. The Labute approximate surface area is 98.2 Å². The van der Waals surface area contributed by atoms with Crippen LogP contribution in [0.1, 0.15) is 38.4 Å². The molecule has 0 aliphatic heterocycles. The van der Waals surface area contributed by atoms with Gasteiger partial charge in [0.15, 0.2) is 0 Å². The third kappa shape index (κ3) is 2.07. The maximum atomic E-state index is 4.62. The summed E-state index contributed by atoms with van der Waals surface area (Å²) < 4.78 is 1.09. The van der Waals surface area contributed by atoms with Crippen molar-refractivity contribution in [1.29, 1.82) is 0 Å². The van der Waals surface area contributed by atoms with Gasteiger partial charge < -0.3 is 4.98 Å². The molecule has 0 fully saturated rings. The van der Waals surface area contributed by atoms with E-state index in [0.29, 0.717) is 5.92 Å². The second-order valence-electron chi connectivity index (χ2n) is 3.80. The highest BCUT2D eigenvalue weighted by Gasteiger charge is 2.11. The van der Waals surface area contributed by atoms with E-state index in [9.17, 15) is 0 Å². The number of benzene rings is 1. The molecule has 0 spiro atoms. The molecule has 2 rings (SSSR count). The molecular formula is C12H15BrN2. The number of hydrogen-bond donors (Lipinski definition) is 1. The van der Waals surface area contributed by atoms with Gasteiger partial charge in [0.25, 0.3) is 0 Å². The van der Waals surface area contributed by atoms with Gasteiger partial charge in [-0.25, -0.2) is 4.98 Å². The van der Waals surface area contributed by atoms with Crippen LogP contribution in [0.5, 0.6) is 0 Å². The lowest BCUT2D eigenvalue weighted by molar-refractivity contribution is 0.611. The minimum Gasteiger partial charge on any atom is -0.342 e. The van der Waals surface area contributed by atoms with Crippen LogP contribution in [-0.2, 0) is 0 Å². The number of imidazole rings is 1. The third-order valence-corrected chi connectivity index (χ3v) is 3.33. The molecule has 0 atom stereocenters. The molecular weight excluding hydrogens is 252 g/mol. The number of rotatable bonds is 3. The van der Waals surface area contributed by atoms with Crippen LogP contribution in [0, 0.1) is 0 Å². The fraction of sp³-hybridized carbons (Fsp3) is 0.417. The van der Waals surface area contributed by atoms with E-state index in [1.54, 1.807) is 0 Å². The molecule has 0 aliphatic carbocycles. The summed E-state index contributed by atoms with van der Waals surface area (Å²) in [6, 6.07) is 6.15. The molecule has 0 amide bonds. The Morgan fingerprint density at radius 2 is 2.07 bits per heavy atom. The molecule has 1 heterocycles. The van der Waals surface area contributed by atoms with Gasteiger partial charge in [-0.2, -0.15) is 0 Å². The van der Waals surface area contributed by atoms with Crippen LogP contribution in [0.2, 0.25) is 0 Å². The number of nitrogens with zero attached hydrogens (tertiary/aromatic N) is 1. The van der Waals surface area contributed by atoms with E-state index in [1.807, 2.05) is 12.1 Å². The molecule has 0 unspecified atom stereocenters. The van der Waals surface area contributed by atoms with Gasteiger partial charge in [0.05, 0.1) is 11.0 Å².